The number of benzene rings is 1. The van der Waals surface area contributed by atoms with E-state index in [1.807, 2.05) is 6.92 Å². The number of nitrogens with zero attached hydrogens (tertiary/aromatic N) is 2. The highest BCUT2D eigenvalue weighted by atomic mass is 19.1. The number of esters is 1. The molecule has 0 spiro atoms. The van der Waals surface area contributed by atoms with E-state index in [2.05, 4.69) is 9.64 Å². The minimum atomic E-state index is -0.361. The summed E-state index contributed by atoms with van der Waals surface area (Å²) in [6.45, 7) is 4.41. The van der Waals surface area contributed by atoms with Crippen molar-refractivity contribution in [3.8, 4) is 0 Å². The van der Waals surface area contributed by atoms with Gasteiger partial charge in [0.25, 0.3) is 5.91 Å². The molecule has 0 unspecified atom stereocenters. The van der Waals surface area contributed by atoms with Crippen molar-refractivity contribution < 1.29 is 23.1 Å². The predicted octanol–water partition coefficient (Wildman–Crippen LogP) is 2.28. The molecule has 1 aliphatic heterocycles. The minimum absolute atomic E-state index is 0.129. The quantitative estimate of drug-likeness (QED) is 0.793. The average molecular weight is 348 g/mol. The summed E-state index contributed by atoms with van der Waals surface area (Å²) in [5, 5.41) is 0.577. The first-order chi connectivity index (χ1) is 12.0. The van der Waals surface area contributed by atoms with Gasteiger partial charge >= 0.3 is 5.97 Å². The Morgan fingerprint density at radius 3 is 2.84 bits per heavy atom. The van der Waals surface area contributed by atoms with Crippen molar-refractivity contribution in [3.05, 3.63) is 35.8 Å². The maximum Gasteiger partial charge on any atom is 0.306 e. The molecule has 0 bridgehead atoms. The fourth-order valence-corrected chi connectivity index (χ4v) is 3.12. The summed E-state index contributed by atoms with van der Waals surface area (Å²) in [7, 11) is 1.38. The lowest BCUT2D eigenvalue weighted by atomic mass is 10.1. The third-order valence-electron chi connectivity index (χ3n) is 4.57. The number of piperazine rings is 1. The number of halogens is 1. The van der Waals surface area contributed by atoms with Crippen molar-refractivity contribution in [2.75, 3.05) is 33.3 Å². The van der Waals surface area contributed by atoms with Gasteiger partial charge in [0.15, 0.2) is 5.76 Å². The maximum absolute atomic E-state index is 13.3. The molecule has 1 saturated heterocycles. The molecule has 6 nitrogen and oxygen atoms in total. The molecule has 1 aromatic heterocycles. The Labute approximate surface area is 145 Å². The molecule has 134 valence electrons. The van der Waals surface area contributed by atoms with Crippen LogP contribution in [-0.4, -0.2) is 61.0 Å². The summed E-state index contributed by atoms with van der Waals surface area (Å²) >= 11 is 0. The van der Waals surface area contributed by atoms with Crippen LogP contribution in [0.1, 0.15) is 23.9 Å². The first-order valence-corrected chi connectivity index (χ1v) is 8.27. The molecular formula is C18H21FN2O4. The number of carbonyl (C=O) groups is 2. The van der Waals surface area contributed by atoms with E-state index < -0.39 is 0 Å². The van der Waals surface area contributed by atoms with E-state index in [0.717, 1.165) is 0 Å². The molecule has 2 heterocycles. The van der Waals surface area contributed by atoms with Gasteiger partial charge in [-0.1, -0.05) is 0 Å². The lowest BCUT2D eigenvalue weighted by Gasteiger charge is -2.39. The van der Waals surface area contributed by atoms with Crippen LogP contribution < -0.4 is 0 Å². The van der Waals surface area contributed by atoms with Gasteiger partial charge < -0.3 is 14.1 Å². The zero-order valence-corrected chi connectivity index (χ0v) is 14.3. The minimum Gasteiger partial charge on any atom is -0.469 e. The van der Waals surface area contributed by atoms with Gasteiger partial charge in [-0.25, -0.2) is 4.39 Å². The van der Waals surface area contributed by atoms with Crippen molar-refractivity contribution in [1.82, 2.24) is 9.80 Å². The summed E-state index contributed by atoms with van der Waals surface area (Å²) < 4.78 is 23.5. The number of rotatable bonds is 4. The number of hydrogen-bond donors (Lipinski definition) is 0. The van der Waals surface area contributed by atoms with Crippen LogP contribution in [0.5, 0.6) is 0 Å². The van der Waals surface area contributed by atoms with Crippen LogP contribution in [0.4, 0.5) is 4.39 Å². The highest BCUT2D eigenvalue weighted by Crippen LogP contribution is 2.22. The first kappa shape index (κ1) is 17.4. The van der Waals surface area contributed by atoms with E-state index in [9.17, 15) is 14.0 Å². The molecule has 3 rings (SSSR count). The number of carbonyl (C=O) groups excluding carboxylic acids is 2. The zero-order valence-electron chi connectivity index (χ0n) is 14.3. The standard InChI is InChI=1S/C18H21FN2O4/c1-12-11-21(8-7-20(12)6-5-17(22)24-2)18(23)16-10-13-9-14(19)3-4-15(13)25-16/h3-4,9-10,12H,5-8,11H2,1-2H3/t12-/m0/s1. The van der Waals surface area contributed by atoms with Gasteiger partial charge in [-0.05, 0) is 31.2 Å². The van der Waals surface area contributed by atoms with Gasteiger partial charge in [0.05, 0.1) is 13.5 Å². The van der Waals surface area contributed by atoms with Gasteiger partial charge in [-0.15, -0.1) is 0 Å². The summed E-state index contributed by atoms with van der Waals surface area (Å²) in [5.41, 5.74) is 0.495. The summed E-state index contributed by atoms with van der Waals surface area (Å²) in [5.74, 6) is -0.577. The smallest absolute Gasteiger partial charge is 0.306 e. The summed E-state index contributed by atoms with van der Waals surface area (Å²) in [6.07, 6.45) is 0.337. The number of ether oxygens (including phenoxy) is 1. The highest BCUT2D eigenvalue weighted by Gasteiger charge is 2.29. The van der Waals surface area contributed by atoms with E-state index in [1.54, 1.807) is 11.0 Å². The second kappa shape index (κ2) is 7.23. The Kier molecular flexibility index (Phi) is 5.03. The lowest BCUT2D eigenvalue weighted by Crippen LogP contribution is -2.53. The van der Waals surface area contributed by atoms with Crippen LogP contribution >= 0.6 is 0 Å². The molecule has 2 aromatic rings. The second-order valence-corrected chi connectivity index (χ2v) is 6.26. The Hall–Kier alpha value is -2.41. The number of amides is 1. The monoisotopic (exact) mass is 348 g/mol. The van der Waals surface area contributed by atoms with Crippen LogP contribution in [0.3, 0.4) is 0 Å². The highest BCUT2D eigenvalue weighted by molar-refractivity contribution is 5.96. The van der Waals surface area contributed by atoms with E-state index in [4.69, 9.17) is 4.42 Å². The second-order valence-electron chi connectivity index (χ2n) is 6.26. The third kappa shape index (κ3) is 3.82. The average Bonchev–Trinajstić information content (AvgIpc) is 3.02. The van der Waals surface area contributed by atoms with Crippen molar-refractivity contribution in [1.29, 1.82) is 0 Å². The largest absolute Gasteiger partial charge is 0.469 e. The van der Waals surface area contributed by atoms with Crippen LogP contribution in [-0.2, 0) is 9.53 Å². The SMILES string of the molecule is COC(=O)CCN1CCN(C(=O)c2cc3cc(F)ccc3o2)C[C@@H]1C. The molecule has 0 N–H and O–H groups in total. The predicted molar refractivity (Wildman–Crippen MR) is 89.7 cm³/mol. The van der Waals surface area contributed by atoms with Crippen molar-refractivity contribution in [2.24, 2.45) is 0 Å². The van der Waals surface area contributed by atoms with Crippen molar-refractivity contribution >= 4 is 22.8 Å². The molecule has 0 radical (unpaired) electrons. The third-order valence-corrected chi connectivity index (χ3v) is 4.57. The Bertz CT molecular complexity index is 788. The Balaban J connectivity index is 1.64. The normalized spacial score (nSPS) is 18.5. The van der Waals surface area contributed by atoms with Gasteiger partial charge in [0, 0.05) is 37.6 Å². The fraction of sp³-hybridized carbons (Fsp3) is 0.444. The van der Waals surface area contributed by atoms with E-state index in [0.29, 0.717) is 43.6 Å². The molecule has 1 atom stereocenters. The number of hydrogen-bond acceptors (Lipinski definition) is 5. The van der Waals surface area contributed by atoms with Gasteiger partial charge in [-0.2, -0.15) is 0 Å². The molecule has 25 heavy (non-hydrogen) atoms. The van der Waals surface area contributed by atoms with Crippen LogP contribution in [0.2, 0.25) is 0 Å². The van der Waals surface area contributed by atoms with Crippen molar-refractivity contribution in [2.45, 2.75) is 19.4 Å². The lowest BCUT2D eigenvalue weighted by molar-refractivity contribution is -0.141. The molecule has 1 fully saturated rings. The Morgan fingerprint density at radius 1 is 1.32 bits per heavy atom. The molecule has 1 amide bonds. The molecule has 0 saturated carbocycles. The number of fused-ring (bicyclic) bond motifs is 1. The zero-order chi connectivity index (χ0) is 18.0. The van der Waals surface area contributed by atoms with E-state index in [1.165, 1.54) is 25.3 Å². The van der Waals surface area contributed by atoms with Gasteiger partial charge in [0.1, 0.15) is 11.4 Å². The fourth-order valence-electron chi connectivity index (χ4n) is 3.12. The van der Waals surface area contributed by atoms with E-state index in [-0.39, 0.29) is 29.5 Å². The van der Waals surface area contributed by atoms with Gasteiger partial charge in [-0.3, -0.25) is 14.5 Å². The molecule has 7 heteroatoms. The molecule has 0 aliphatic carbocycles. The first-order valence-electron chi connectivity index (χ1n) is 8.27. The maximum atomic E-state index is 13.3. The number of furan rings is 1. The molecular weight excluding hydrogens is 327 g/mol. The summed E-state index contributed by atoms with van der Waals surface area (Å²) in [4.78, 5) is 27.8. The van der Waals surface area contributed by atoms with E-state index >= 15 is 0 Å². The van der Waals surface area contributed by atoms with Gasteiger partial charge in [0.2, 0.25) is 0 Å². The van der Waals surface area contributed by atoms with Crippen molar-refractivity contribution in [3.63, 3.8) is 0 Å². The molecule has 1 aromatic carbocycles. The molecule has 1 aliphatic rings. The van der Waals surface area contributed by atoms with Crippen LogP contribution in [0.25, 0.3) is 11.0 Å². The topological polar surface area (TPSA) is 63.0 Å². The Morgan fingerprint density at radius 2 is 2.12 bits per heavy atom. The van der Waals surface area contributed by atoms with Crippen LogP contribution in [0.15, 0.2) is 28.7 Å². The number of methoxy groups -OCH3 is 1. The summed E-state index contributed by atoms with van der Waals surface area (Å²) in [6, 6.07) is 5.89. The van der Waals surface area contributed by atoms with Crippen LogP contribution in [0, 0.1) is 5.82 Å².